The first-order valence-corrected chi connectivity index (χ1v) is 8.45. The molecule has 0 fully saturated rings. The van der Waals surface area contributed by atoms with E-state index in [1.165, 1.54) is 17.6 Å². The predicted octanol–water partition coefficient (Wildman–Crippen LogP) is 4.82. The van der Waals surface area contributed by atoms with Gasteiger partial charge in [-0.2, -0.15) is 0 Å². The summed E-state index contributed by atoms with van der Waals surface area (Å²) in [6.07, 6.45) is 1.59. The predicted molar refractivity (Wildman–Crippen MR) is 72.2 cm³/mol. The van der Waals surface area contributed by atoms with E-state index in [0.29, 0.717) is 17.6 Å². The topological polar surface area (TPSA) is 35.5 Å². The fourth-order valence-electron chi connectivity index (χ4n) is 0.848. The molecule has 6 heteroatoms. The Morgan fingerprint density at radius 2 is 1.75 bits per heavy atom. The second-order valence-electron chi connectivity index (χ2n) is 3.07. The Balaban J connectivity index is 4.50. The molecule has 0 aromatic rings. The molecule has 0 heterocycles. The van der Waals surface area contributed by atoms with Crippen molar-refractivity contribution >= 4 is 31.0 Å². The third kappa shape index (κ3) is 7.75. The number of thioether (sulfide) groups is 1. The van der Waals surface area contributed by atoms with Gasteiger partial charge in [-0.1, -0.05) is 32.4 Å². The number of halogens is 1. The highest BCUT2D eigenvalue weighted by Crippen LogP contribution is 2.52. The van der Waals surface area contributed by atoms with Crippen LogP contribution in [0.4, 0.5) is 0 Å². The van der Waals surface area contributed by atoms with E-state index in [1.807, 2.05) is 20.8 Å². The smallest absolute Gasteiger partial charge is 0.306 e. The minimum absolute atomic E-state index is 0.415. The zero-order valence-corrected chi connectivity index (χ0v) is 12.5. The summed E-state index contributed by atoms with van der Waals surface area (Å²) in [5, 5.41) is 0. The summed E-state index contributed by atoms with van der Waals surface area (Å²) in [6.45, 7) is 6.72. The highest BCUT2D eigenvalue weighted by Gasteiger charge is 2.21. The van der Waals surface area contributed by atoms with Crippen molar-refractivity contribution in [2.75, 3.05) is 19.0 Å². The van der Waals surface area contributed by atoms with E-state index in [4.69, 9.17) is 20.6 Å². The standard InChI is InChI=1S/C10H20ClO3PS/c1-4-7-13-15(12,14-8-5-2)9-10(11)16-6-3/h9H,4-8H2,1-3H3. The van der Waals surface area contributed by atoms with Crippen LogP contribution < -0.4 is 0 Å². The van der Waals surface area contributed by atoms with Gasteiger partial charge in [-0.05, 0) is 18.6 Å². The van der Waals surface area contributed by atoms with Gasteiger partial charge in [0.2, 0.25) is 0 Å². The van der Waals surface area contributed by atoms with Crippen LogP contribution >= 0.6 is 31.0 Å². The van der Waals surface area contributed by atoms with Gasteiger partial charge in [0.1, 0.15) is 0 Å². The Morgan fingerprint density at radius 3 is 2.12 bits per heavy atom. The Morgan fingerprint density at radius 1 is 1.25 bits per heavy atom. The molecule has 3 nitrogen and oxygen atoms in total. The molecule has 0 aromatic carbocycles. The molecule has 0 aliphatic rings. The summed E-state index contributed by atoms with van der Waals surface area (Å²) in [6, 6.07) is 0. The average Bonchev–Trinajstić information content (AvgIpc) is 2.24. The van der Waals surface area contributed by atoms with E-state index in [-0.39, 0.29) is 0 Å². The normalized spacial score (nSPS) is 13.1. The van der Waals surface area contributed by atoms with Crippen molar-refractivity contribution in [1.82, 2.24) is 0 Å². The molecule has 0 bridgehead atoms. The van der Waals surface area contributed by atoms with E-state index in [9.17, 15) is 4.57 Å². The Bertz CT molecular complexity index is 246. The highest BCUT2D eigenvalue weighted by molar-refractivity contribution is 8.04. The molecule has 0 aromatic heterocycles. The summed E-state index contributed by atoms with van der Waals surface area (Å²) < 4.78 is 23.2. The molecule has 0 rings (SSSR count). The monoisotopic (exact) mass is 286 g/mol. The summed E-state index contributed by atoms with van der Waals surface area (Å²) in [7, 11) is -3.15. The van der Waals surface area contributed by atoms with Crippen LogP contribution in [0, 0.1) is 0 Å². The van der Waals surface area contributed by atoms with Crippen LogP contribution in [-0.2, 0) is 13.6 Å². The maximum atomic E-state index is 12.2. The van der Waals surface area contributed by atoms with E-state index < -0.39 is 7.60 Å². The summed E-state index contributed by atoms with van der Waals surface area (Å²) in [4.78, 5) is 0. The van der Waals surface area contributed by atoms with Crippen LogP contribution in [0.15, 0.2) is 10.2 Å². The lowest BCUT2D eigenvalue weighted by molar-refractivity contribution is 0.212. The van der Waals surface area contributed by atoms with Crippen LogP contribution in [-0.4, -0.2) is 19.0 Å². The lowest BCUT2D eigenvalue weighted by atomic mass is 10.5. The first kappa shape index (κ1) is 16.5. The molecule has 0 radical (unpaired) electrons. The van der Waals surface area contributed by atoms with E-state index in [2.05, 4.69) is 0 Å². The molecule has 0 aliphatic carbocycles. The summed E-state index contributed by atoms with van der Waals surface area (Å²) >= 11 is 7.33. The Kier molecular flexibility index (Phi) is 9.87. The first-order chi connectivity index (χ1) is 7.58. The summed E-state index contributed by atoms with van der Waals surface area (Å²) in [5.74, 6) is 2.24. The van der Waals surface area contributed by atoms with Gasteiger partial charge in [0, 0.05) is 0 Å². The van der Waals surface area contributed by atoms with Gasteiger partial charge in [-0.3, -0.25) is 4.57 Å². The van der Waals surface area contributed by atoms with Gasteiger partial charge in [0.05, 0.1) is 23.4 Å². The molecule has 16 heavy (non-hydrogen) atoms. The molecule has 0 aliphatic heterocycles. The largest absolute Gasteiger partial charge is 0.356 e. The van der Waals surface area contributed by atoms with Gasteiger partial charge in [-0.25, -0.2) is 0 Å². The van der Waals surface area contributed by atoms with Crippen LogP contribution in [0.1, 0.15) is 33.6 Å². The van der Waals surface area contributed by atoms with Crippen molar-refractivity contribution in [3.63, 3.8) is 0 Å². The Labute approximate surface area is 107 Å². The zero-order chi connectivity index (χ0) is 12.4. The van der Waals surface area contributed by atoms with Crippen molar-refractivity contribution in [3.8, 4) is 0 Å². The molecule has 0 spiro atoms. The van der Waals surface area contributed by atoms with Gasteiger partial charge >= 0.3 is 7.60 Å². The van der Waals surface area contributed by atoms with Crippen LogP contribution in [0.2, 0.25) is 0 Å². The Hall–Kier alpha value is 0.530. The second-order valence-corrected chi connectivity index (χ2v) is 6.86. The lowest BCUT2D eigenvalue weighted by Crippen LogP contribution is -1.96. The van der Waals surface area contributed by atoms with Gasteiger partial charge in [0.25, 0.3) is 0 Å². The zero-order valence-electron chi connectivity index (χ0n) is 10.1. The van der Waals surface area contributed by atoms with Crippen molar-refractivity contribution in [3.05, 3.63) is 10.2 Å². The highest BCUT2D eigenvalue weighted by atomic mass is 35.5. The van der Waals surface area contributed by atoms with Crippen LogP contribution in [0.3, 0.4) is 0 Å². The molecular formula is C10H20ClO3PS. The fourth-order valence-corrected chi connectivity index (χ4v) is 3.84. The van der Waals surface area contributed by atoms with Crippen molar-refractivity contribution < 1.29 is 13.6 Å². The molecular weight excluding hydrogens is 267 g/mol. The van der Waals surface area contributed by atoms with Crippen molar-refractivity contribution in [2.24, 2.45) is 0 Å². The number of rotatable bonds is 9. The maximum absolute atomic E-state index is 12.2. The van der Waals surface area contributed by atoms with E-state index >= 15 is 0 Å². The molecule has 0 unspecified atom stereocenters. The molecule has 0 amide bonds. The van der Waals surface area contributed by atoms with Gasteiger partial charge < -0.3 is 9.05 Å². The summed E-state index contributed by atoms with van der Waals surface area (Å²) in [5.41, 5.74) is 0. The first-order valence-electron chi connectivity index (χ1n) is 5.48. The van der Waals surface area contributed by atoms with Gasteiger partial charge in [0.15, 0.2) is 0 Å². The fraction of sp³-hybridized carbons (Fsp3) is 0.800. The van der Waals surface area contributed by atoms with Crippen molar-refractivity contribution in [1.29, 1.82) is 0 Å². The number of hydrogen-bond acceptors (Lipinski definition) is 4. The number of hydrogen-bond donors (Lipinski definition) is 0. The molecule has 96 valence electrons. The quantitative estimate of drug-likeness (QED) is 0.569. The van der Waals surface area contributed by atoms with E-state index in [1.54, 1.807) is 0 Å². The van der Waals surface area contributed by atoms with Crippen LogP contribution in [0.5, 0.6) is 0 Å². The van der Waals surface area contributed by atoms with Crippen molar-refractivity contribution in [2.45, 2.75) is 33.6 Å². The maximum Gasteiger partial charge on any atom is 0.356 e. The van der Waals surface area contributed by atoms with Crippen LogP contribution in [0.25, 0.3) is 0 Å². The molecule has 0 saturated heterocycles. The lowest BCUT2D eigenvalue weighted by Gasteiger charge is -2.14. The average molecular weight is 287 g/mol. The molecule has 0 saturated carbocycles. The van der Waals surface area contributed by atoms with Gasteiger partial charge in [-0.15, -0.1) is 11.8 Å². The second kappa shape index (κ2) is 9.55. The minimum Gasteiger partial charge on any atom is -0.306 e. The third-order valence-electron chi connectivity index (χ3n) is 1.49. The van der Waals surface area contributed by atoms with E-state index in [0.717, 1.165) is 18.6 Å². The third-order valence-corrected chi connectivity index (χ3v) is 4.60. The minimum atomic E-state index is -3.15. The SMILES string of the molecule is CCCOP(=O)(C=C(Cl)SCC)OCCC. The molecule has 0 N–H and O–H groups in total. The molecule has 0 atom stereocenters.